The van der Waals surface area contributed by atoms with Crippen LogP contribution in [0.25, 0.3) is 0 Å². The highest BCUT2D eigenvalue weighted by Crippen LogP contribution is 2.29. The zero-order chi connectivity index (χ0) is 22.3. The van der Waals surface area contributed by atoms with E-state index in [4.69, 9.17) is 0 Å². The highest BCUT2D eigenvalue weighted by atomic mass is 32.2. The van der Waals surface area contributed by atoms with Gasteiger partial charge < -0.3 is 14.8 Å². The van der Waals surface area contributed by atoms with E-state index in [-0.39, 0.29) is 17.6 Å². The van der Waals surface area contributed by atoms with Crippen LogP contribution in [0.15, 0.2) is 72.4 Å². The van der Waals surface area contributed by atoms with Crippen LogP contribution >= 0.6 is 11.8 Å². The number of aromatic nitrogens is 3. The monoisotopic (exact) mass is 447 g/mol. The Kier molecular flexibility index (Phi) is 7.01. The van der Waals surface area contributed by atoms with Crippen LogP contribution in [0.5, 0.6) is 0 Å². The van der Waals surface area contributed by atoms with Crippen LogP contribution in [-0.2, 0) is 22.6 Å². The van der Waals surface area contributed by atoms with Gasteiger partial charge in [0, 0.05) is 25.9 Å². The van der Waals surface area contributed by atoms with Crippen molar-refractivity contribution >= 4 is 35.0 Å². The number of thioether (sulfide) groups is 1. The quantitative estimate of drug-likeness (QED) is 0.397. The average Bonchev–Trinajstić information content (AvgIpc) is 3.40. The number of allylic oxidation sites excluding steroid dienone is 1. The third kappa shape index (κ3) is 5.08. The molecule has 32 heavy (non-hydrogen) atoms. The number of hydrogen-bond acceptors (Lipinski definition) is 5. The van der Waals surface area contributed by atoms with Gasteiger partial charge in [0.15, 0.2) is 5.16 Å². The first kappa shape index (κ1) is 21.8. The molecular formula is C24H25N5O2S. The molecule has 0 unspecified atom stereocenters. The fraction of sp³-hybridized carbons (Fsp3) is 0.250. The van der Waals surface area contributed by atoms with Gasteiger partial charge in [-0.25, -0.2) is 0 Å². The fourth-order valence-corrected chi connectivity index (χ4v) is 4.45. The van der Waals surface area contributed by atoms with Gasteiger partial charge in [0.1, 0.15) is 5.82 Å². The molecule has 0 radical (unpaired) electrons. The summed E-state index contributed by atoms with van der Waals surface area (Å²) in [5, 5.41) is 12.3. The van der Waals surface area contributed by atoms with E-state index in [1.165, 1.54) is 11.8 Å². The second-order valence-corrected chi connectivity index (χ2v) is 8.41. The van der Waals surface area contributed by atoms with Gasteiger partial charge in [-0.1, -0.05) is 60.3 Å². The summed E-state index contributed by atoms with van der Waals surface area (Å²) in [5.74, 6) is 0.941. The van der Waals surface area contributed by atoms with Gasteiger partial charge in [-0.2, -0.15) is 0 Å². The number of para-hydroxylation sites is 2. The summed E-state index contributed by atoms with van der Waals surface area (Å²) in [6.45, 7) is 5.08. The number of nitrogens with zero attached hydrogens (tertiary/aromatic N) is 4. The lowest BCUT2D eigenvalue weighted by molar-refractivity contribution is -0.117. The maximum atomic E-state index is 12.7. The van der Waals surface area contributed by atoms with Crippen molar-refractivity contribution in [2.24, 2.45) is 0 Å². The van der Waals surface area contributed by atoms with Crippen molar-refractivity contribution < 1.29 is 9.59 Å². The molecule has 1 fully saturated rings. The number of amides is 2. The molecule has 0 atom stereocenters. The van der Waals surface area contributed by atoms with Gasteiger partial charge in [0.25, 0.3) is 0 Å². The predicted molar refractivity (Wildman–Crippen MR) is 127 cm³/mol. The first-order chi connectivity index (χ1) is 15.7. The number of nitrogens with one attached hydrogen (secondary N) is 1. The topological polar surface area (TPSA) is 80.1 Å². The van der Waals surface area contributed by atoms with E-state index in [1.807, 2.05) is 47.0 Å². The molecular weight excluding hydrogens is 422 g/mol. The zero-order valence-electron chi connectivity index (χ0n) is 17.7. The first-order valence-electron chi connectivity index (χ1n) is 10.5. The van der Waals surface area contributed by atoms with E-state index in [9.17, 15) is 9.59 Å². The molecule has 1 aromatic heterocycles. The molecule has 4 rings (SSSR count). The van der Waals surface area contributed by atoms with Crippen LogP contribution in [0, 0.1) is 0 Å². The Hall–Kier alpha value is -3.39. The Morgan fingerprint density at radius 2 is 1.91 bits per heavy atom. The molecule has 7 nitrogen and oxygen atoms in total. The summed E-state index contributed by atoms with van der Waals surface area (Å²) in [6, 6.07) is 17.5. The molecule has 0 aliphatic carbocycles. The smallest absolute Gasteiger partial charge is 0.234 e. The minimum Gasteiger partial charge on any atom is -0.324 e. The Morgan fingerprint density at radius 1 is 1.12 bits per heavy atom. The summed E-state index contributed by atoms with van der Waals surface area (Å²) < 4.78 is 1.98. The van der Waals surface area contributed by atoms with E-state index in [0.29, 0.717) is 36.8 Å². The number of anilines is 2. The minimum absolute atomic E-state index is 0.0875. The van der Waals surface area contributed by atoms with Crippen molar-refractivity contribution in [3.63, 3.8) is 0 Å². The van der Waals surface area contributed by atoms with E-state index < -0.39 is 0 Å². The van der Waals surface area contributed by atoms with Gasteiger partial charge in [-0.3, -0.25) is 9.59 Å². The van der Waals surface area contributed by atoms with Crippen molar-refractivity contribution in [3.05, 3.63) is 78.6 Å². The van der Waals surface area contributed by atoms with E-state index in [2.05, 4.69) is 34.2 Å². The molecule has 0 saturated carbocycles. The summed E-state index contributed by atoms with van der Waals surface area (Å²) in [4.78, 5) is 26.6. The summed E-state index contributed by atoms with van der Waals surface area (Å²) >= 11 is 1.33. The molecule has 2 heterocycles. The van der Waals surface area contributed by atoms with Crippen molar-refractivity contribution in [2.45, 2.75) is 31.0 Å². The molecule has 1 N–H and O–H groups in total. The van der Waals surface area contributed by atoms with Gasteiger partial charge >= 0.3 is 0 Å². The SMILES string of the molecule is C=CCn1c(Cc2ccccc2)nnc1SCC(=O)Nc1ccccc1N1CCCC1=O. The van der Waals surface area contributed by atoms with Crippen LogP contribution in [0.4, 0.5) is 11.4 Å². The second-order valence-electron chi connectivity index (χ2n) is 7.46. The largest absolute Gasteiger partial charge is 0.324 e. The van der Waals surface area contributed by atoms with Gasteiger partial charge in [-0.05, 0) is 24.1 Å². The number of rotatable bonds is 9. The first-order valence-corrected chi connectivity index (χ1v) is 11.5. The van der Waals surface area contributed by atoms with Crippen molar-refractivity contribution in [1.82, 2.24) is 14.8 Å². The number of carbonyl (C=O) groups is 2. The zero-order valence-corrected chi connectivity index (χ0v) is 18.6. The number of benzene rings is 2. The average molecular weight is 448 g/mol. The van der Waals surface area contributed by atoms with Crippen molar-refractivity contribution in [1.29, 1.82) is 0 Å². The Labute approximate surface area is 191 Å². The summed E-state index contributed by atoms with van der Waals surface area (Å²) in [7, 11) is 0. The lowest BCUT2D eigenvalue weighted by Gasteiger charge is -2.19. The van der Waals surface area contributed by atoms with Crippen LogP contribution in [0.2, 0.25) is 0 Å². The van der Waals surface area contributed by atoms with Gasteiger partial charge in [0.05, 0.1) is 17.1 Å². The van der Waals surface area contributed by atoms with Gasteiger partial charge in [-0.15, -0.1) is 16.8 Å². The Balaban J connectivity index is 1.42. The van der Waals surface area contributed by atoms with E-state index in [1.54, 1.807) is 11.0 Å². The minimum atomic E-state index is -0.160. The van der Waals surface area contributed by atoms with Crippen LogP contribution < -0.4 is 10.2 Å². The molecule has 0 bridgehead atoms. The third-order valence-corrected chi connectivity index (χ3v) is 6.15. The lowest BCUT2D eigenvalue weighted by Crippen LogP contribution is -2.26. The highest BCUT2D eigenvalue weighted by Gasteiger charge is 2.24. The molecule has 1 saturated heterocycles. The maximum Gasteiger partial charge on any atom is 0.234 e. The molecule has 1 aliphatic heterocycles. The summed E-state index contributed by atoms with van der Waals surface area (Å²) in [6.07, 6.45) is 3.83. The Morgan fingerprint density at radius 3 is 2.66 bits per heavy atom. The van der Waals surface area contributed by atoms with E-state index in [0.717, 1.165) is 23.5 Å². The third-order valence-electron chi connectivity index (χ3n) is 5.18. The van der Waals surface area contributed by atoms with Gasteiger partial charge in [0.2, 0.25) is 11.8 Å². The maximum absolute atomic E-state index is 12.7. The molecule has 3 aromatic rings. The van der Waals surface area contributed by atoms with Crippen molar-refractivity contribution in [2.75, 3.05) is 22.5 Å². The highest BCUT2D eigenvalue weighted by molar-refractivity contribution is 7.99. The van der Waals surface area contributed by atoms with Crippen LogP contribution in [0.1, 0.15) is 24.2 Å². The second kappa shape index (κ2) is 10.3. The molecule has 8 heteroatoms. The molecule has 1 aliphatic rings. The Bertz CT molecular complexity index is 1110. The van der Waals surface area contributed by atoms with Crippen LogP contribution in [0.3, 0.4) is 0 Å². The predicted octanol–water partition coefficient (Wildman–Crippen LogP) is 3.91. The lowest BCUT2D eigenvalue weighted by atomic mass is 10.1. The number of carbonyl (C=O) groups excluding carboxylic acids is 2. The molecule has 2 aromatic carbocycles. The fourth-order valence-electron chi connectivity index (χ4n) is 3.68. The van der Waals surface area contributed by atoms with Crippen molar-refractivity contribution in [3.8, 4) is 0 Å². The molecule has 0 spiro atoms. The summed E-state index contributed by atoms with van der Waals surface area (Å²) in [5.41, 5.74) is 2.53. The molecule has 164 valence electrons. The molecule has 2 amide bonds. The normalized spacial score (nSPS) is 13.4. The number of hydrogen-bond donors (Lipinski definition) is 1. The standard InChI is InChI=1S/C24H25N5O2S/c1-2-14-29-21(16-18-9-4-3-5-10-18)26-27-24(29)32-17-22(30)25-19-11-6-7-12-20(19)28-15-8-13-23(28)31/h2-7,9-12H,1,8,13-17H2,(H,25,30). The van der Waals surface area contributed by atoms with Crippen LogP contribution in [-0.4, -0.2) is 38.9 Å². The van der Waals surface area contributed by atoms with E-state index >= 15 is 0 Å².